The van der Waals surface area contributed by atoms with E-state index in [2.05, 4.69) is 61.0 Å². The number of thiazole rings is 1. The summed E-state index contributed by atoms with van der Waals surface area (Å²) in [5.41, 5.74) is 4.51. The summed E-state index contributed by atoms with van der Waals surface area (Å²) in [5.74, 6) is -0.883. The largest absolute Gasteiger partial charge is 0.486 e. The Morgan fingerprint density at radius 3 is 2.38 bits per heavy atom. The van der Waals surface area contributed by atoms with Crippen molar-refractivity contribution in [1.82, 2.24) is 19.5 Å². The number of nitro benzene ring substituents is 1. The van der Waals surface area contributed by atoms with Crippen LogP contribution in [0.2, 0.25) is 5.02 Å². The smallest absolute Gasteiger partial charge is 0.413 e. The van der Waals surface area contributed by atoms with E-state index in [1.807, 2.05) is 12.1 Å². The highest BCUT2D eigenvalue weighted by Gasteiger charge is 2.32. The predicted molar refractivity (Wildman–Crippen MR) is 277 cm³/mol. The Balaban J connectivity index is 0.970. The maximum absolute atomic E-state index is 14.1. The van der Waals surface area contributed by atoms with E-state index in [0.29, 0.717) is 29.8 Å². The van der Waals surface area contributed by atoms with Crippen LogP contribution in [0.4, 0.5) is 27.0 Å². The van der Waals surface area contributed by atoms with Crippen LogP contribution >= 0.6 is 22.9 Å². The lowest BCUT2D eigenvalue weighted by Gasteiger charge is -2.39. The van der Waals surface area contributed by atoms with E-state index in [-0.39, 0.29) is 40.2 Å². The number of anilines is 3. The molecule has 17 nitrogen and oxygen atoms in total. The van der Waals surface area contributed by atoms with Gasteiger partial charge < -0.3 is 29.3 Å². The van der Waals surface area contributed by atoms with Gasteiger partial charge in [-0.15, -0.1) is 11.3 Å². The van der Waals surface area contributed by atoms with Crippen molar-refractivity contribution in [1.29, 1.82) is 0 Å². The number of carbonyl (C=O) groups is 2. The normalized spacial score (nSPS) is 18.8. The summed E-state index contributed by atoms with van der Waals surface area (Å²) in [6.07, 6.45) is 6.02. The predicted octanol–water partition coefficient (Wildman–Crippen LogP) is 9.59. The van der Waals surface area contributed by atoms with Crippen LogP contribution in [0, 0.1) is 15.5 Å². The average molecular weight is 1030 g/mol. The monoisotopic (exact) mass is 1030 g/mol. The van der Waals surface area contributed by atoms with Crippen molar-refractivity contribution in [3.63, 3.8) is 0 Å². The number of carbonyl (C=O) groups excluding carboxylic acids is 2. The number of hydrogen-bond acceptors (Lipinski definition) is 15. The van der Waals surface area contributed by atoms with E-state index in [1.165, 1.54) is 46.2 Å². The van der Waals surface area contributed by atoms with Crippen LogP contribution in [-0.4, -0.2) is 117 Å². The molecular formula is C51H65ClN8O9S2. The van der Waals surface area contributed by atoms with Crippen LogP contribution in [0.5, 0.6) is 5.75 Å². The number of benzene rings is 3. The van der Waals surface area contributed by atoms with Gasteiger partial charge in [0.05, 0.1) is 21.1 Å². The Labute approximate surface area is 425 Å². The van der Waals surface area contributed by atoms with E-state index >= 15 is 0 Å². The minimum absolute atomic E-state index is 0.0321. The van der Waals surface area contributed by atoms with E-state index in [0.717, 1.165) is 103 Å². The van der Waals surface area contributed by atoms with Crippen molar-refractivity contribution in [3.05, 3.63) is 104 Å². The third-order valence-electron chi connectivity index (χ3n) is 13.6. The summed E-state index contributed by atoms with van der Waals surface area (Å²) in [5, 5.41) is 21.0. The molecule has 3 fully saturated rings. The molecule has 3 aliphatic heterocycles. The molecule has 0 saturated carbocycles. The quantitative estimate of drug-likeness (QED) is 0.0751. The first-order chi connectivity index (χ1) is 33.8. The number of hydrogen-bond donors (Lipinski definition) is 3. The zero-order valence-corrected chi connectivity index (χ0v) is 43.5. The van der Waals surface area contributed by atoms with Crippen LogP contribution in [0.25, 0.3) is 5.57 Å². The Hall–Kier alpha value is -5.31. The van der Waals surface area contributed by atoms with Crippen LogP contribution in [0.15, 0.2) is 76.5 Å². The van der Waals surface area contributed by atoms with Crippen molar-refractivity contribution in [2.45, 2.75) is 109 Å². The Morgan fingerprint density at radius 1 is 0.972 bits per heavy atom. The van der Waals surface area contributed by atoms with E-state index in [9.17, 15) is 28.1 Å². The number of aromatic nitrogens is 1. The standard InChI is InChI=1S/C51H65ClN8O9S2/c1-50(2,3)69-49(62)55-48-54-38(33-70-48)32-68-46-28-40(59-24-22-57(23-25-59)31-35-14-19-51(4,5)30-43(35)34-6-8-36(52)9-7-34)10-12-42(46)47(61)56-71(65,66)41-11-13-44(45(29-41)60(63)64)53-37-15-20-58(21-16-37)39-17-26-67-27-18-39/h6-13,28-29,33,37,39,53H,14-27,30-32H2,1-5H3,(H,56,61)(H,54,55,62). The molecule has 3 aromatic carbocycles. The lowest BCUT2D eigenvalue weighted by Crippen LogP contribution is -2.47. The molecule has 0 atom stereocenters. The van der Waals surface area contributed by atoms with Crippen molar-refractivity contribution in [2.75, 3.05) is 74.6 Å². The number of piperidine rings is 1. The molecule has 382 valence electrons. The Kier molecular flexibility index (Phi) is 16.3. The summed E-state index contributed by atoms with van der Waals surface area (Å²) in [6.45, 7) is 16.8. The van der Waals surface area contributed by atoms with E-state index in [4.69, 9.17) is 25.8 Å². The molecule has 1 aromatic heterocycles. The number of sulfonamides is 1. The molecule has 20 heteroatoms. The molecule has 4 aliphatic rings. The van der Waals surface area contributed by atoms with Gasteiger partial charge in [0.25, 0.3) is 21.6 Å². The Morgan fingerprint density at radius 2 is 1.69 bits per heavy atom. The molecule has 8 rings (SSSR count). The van der Waals surface area contributed by atoms with Gasteiger partial charge in [0.2, 0.25) is 0 Å². The zero-order chi connectivity index (χ0) is 50.5. The highest BCUT2D eigenvalue weighted by Crippen LogP contribution is 2.43. The fourth-order valence-electron chi connectivity index (χ4n) is 9.75. The van der Waals surface area contributed by atoms with Gasteiger partial charge in [0.1, 0.15) is 23.6 Å². The number of nitro groups is 1. The summed E-state index contributed by atoms with van der Waals surface area (Å²) in [7, 11) is -4.61. The topological polar surface area (TPSA) is 198 Å². The van der Waals surface area contributed by atoms with Crippen LogP contribution in [-0.2, 0) is 26.1 Å². The first kappa shape index (κ1) is 52.0. The van der Waals surface area contributed by atoms with Crippen molar-refractivity contribution >= 4 is 72.7 Å². The van der Waals surface area contributed by atoms with E-state index < -0.39 is 43.1 Å². The highest BCUT2D eigenvalue weighted by molar-refractivity contribution is 7.90. The molecule has 2 amide bonds. The van der Waals surface area contributed by atoms with Crippen molar-refractivity contribution in [2.24, 2.45) is 5.41 Å². The first-order valence-electron chi connectivity index (χ1n) is 24.4. The maximum Gasteiger partial charge on any atom is 0.413 e. The molecule has 4 aromatic rings. The second-order valence-corrected chi connectivity index (χ2v) is 23.6. The molecule has 4 heterocycles. The lowest BCUT2D eigenvalue weighted by molar-refractivity contribution is -0.384. The number of allylic oxidation sites excluding steroid dienone is 1. The van der Waals surface area contributed by atoms with Gasteiger partial charge in [-0.3, -0.25) is 25.1 Å². The van der Waals surface area contributed by atoms with Crippen LogP contribution in [0.3, 0.4) is 0 Å². The number of nitrogens with one attached hydrogen (secondary N) is 3. The van der Waals surface area contributed by atoms with E-state index in [1.54, 1.807) is 38.3 Å². The second kappa shape index (κ2) is 22.2. The van der Waals surface area contributed by atoms with Gasteiger partial charge in [0, 0.05) is 99.3 Å². The van der Waals surface area contributed by atoms with Gasteiger partial charge in [-0.1, -0.05) is 43.2 Å². The summed E-state index contributed by atoms with van der Waals surface area (Å²) in [4.78, 5) is 49.4. The van der Waals surface area contributed by atoms with Gasteiger partial charge in [0.15, 0.2) is 5.13 Å². The van der Waals surface area contributed by atoms with Crippen molar-refractivity contribution in [3.8, 4) is 5.75 Å². The molecular weight excluding hydrogens is 968 g/mol. The number of rotatable bonds is 15. The van der Waals surface area contributed by atoms with Gasteiger partial charge in [-0.2, -0.15) is 0 Å². The molecule has 3 N–H and O–H groups in total. The van der Waals surface area contributed by atoms with Gasteiger partial charge in [-0.05, 0) is 119 Å². The SMILES string of the molecule is CC1(C)CCC(CN2CCN(c3ccc(C(=O)NS(=O)(=O)c4ccc(NC5CCN(C6CCOCC6)CC5)c([N+](=O)[O-])c4)c(OCc4csc(NC(=O)OC(C)(C)C)n4)c3)CC2)=C(c2ccc(Cl)cc2)C1. The van der Waals surface area contributed by atoms with Crippen LogP contribution < -0.4 is 25.0 Å². The third-order valence-corrected chi connectivity index (χ3v) is 16.0. The summed E-state index contributed by atoms with van der Waals surface area (Å²) < 4.78 is 47.0. The number of likely N-dealkylation sites (tertiary alicyclic amines) is 1. The third kappa shape index (κ3) is 13.8. The highest BCUT2D eigenvalue weighted by atomic mass is 35.5. The molecule has 0 spiro atoms. The zero-order valence-electron chi connectivity index (χ0n) is 41.1. The maximum atomic E-state index is 14.1. The first-order valence-corrected chi connectivity index (χ1v) is 27.1. The van der Waals surface area contributed by atoms with Crippen LogP contribution in [0.1, 0.15) is 101 Å². The molecule has 1 aliphatic carbocycles. The van der Waals surface area contributed by atoms with Gasteiger partial charge in [-0.25, -0.2) is 22.9 Å². The number of piperazine rings is 1. The minimum atomic E-state index is -4.61. The molecule has 0 bridgehead atoms. The Bertz CT molecular complexity index is 2700. The average Bonchev–Trinajstić information content (AvgIpc) is 3.78. The fourth-order valence-corrected chi connectivity index (χ4v) is 11.5. The fraction of sp³-hybridized carbons (Fsp3) is 0.510. The molecule has 0 unspecified atom stereocenters. The second-order valence-electron chi connectivity index (χ2n) is 20.6. The number of amides is 2. The lowest BCUT2D eigenvalue weighted by atomic mass is 9.72. The summed E-state index contributed by atoms with van der Waals surface area (Å²) >= 11 is 7.43. The molecule has 0 radical (unpaired) electrons. The summed E-state index contributed by atoms with van der Waals surface area (Å²) in [6, 6.07) is 17.2. The molecule has 3 saturated heterocycles. The number of halogens is 1. The number of ether oxygens (including phenoxy) is 3. The van der Waals surface area contributed by atoms with Gasteiger partial charge >= 0.3 is 6.09 Å². The molecule has 71 heavy (non-hydrogen) atoms. The minimum Gasteiger partial charge on any atom is -0.486 e. The number of nitrogens with zero attached hydrogens (tertiary/aromatic N) is 5. The van der Waals surface area contributed by atoms with Crippen molar-refractivity contribution < 1.29 is 37.1 Å².